The predicted octanol–water partition coefficient (Wildman–Crippen LogP) is 7.09. The average molecular weight is 444 g/mol. The lowest BCUT2D eigenvalue weighted by Gasteiger charge is -2.11. The van der Waals surface area contributed by atoms with Gasteiger partial charge in [-0.2, -0.15) is 0 Å². The molecule has 0 aliphatic carbocycles. The molecule has 33 heavy (non-hydrogen) atoms. The second kappa shape index (κ2) is 8.11. The van der Waals surface area contributed by atoms with Crippen molar-refractivity contribution in [2.24, 2.45) is 12.9 Å². The minimum Gasteiger partial charge on any atom is -0.437 e. The average Bonchev–Trinajstić information content (AvgIpc) is 3.17. The first kappa shape index (κ1) is 17.0. The summed E-state index contributed by atoms with van der Waals surface area (Å²) >= 11 is 0. The van der Waals surface area contributed by atoms with E-state index in [0.29, 0.717) is 5.71 Å². The predicted molar refractivity (Wildman–Crippen MR) is 132 cm³/mol. The molecule has 2 aromatic carbocycles. The van der Waals surface area contributed by atoms with Gasteiger partial charge in [0.25, 0.3) is 0 Å². The highest BCUT2D eigenvalue weighted by atomic mass is 19.1. The number of hydrogen-bond acceptors (Lipinski definition) is 2. The Hall–Kier alpha value is -3.53. The van der Waals surface area contributed by atoms with Crippen molar-refractivity contribution in [3.8, 4) is 22.4 Å². The summed E-state index contributed by atoms with van der Waals surface area (Å²) in [6.45, 7) is 2.76. The first-order valence-corrected chi connectivity index (χ1v) is 10.9. The van der Waals surface area contributed by atoms with E-state index in [9.17, 15) is 4.39 Å². The van der Waals surface area contributed by atoms with Gasteiger partial charge in [-0.15, -0.1) is 0 Å². The smallest absolute Gasteiger partial charge is 0.227 e. The third-order valence-corrected chi connectivity index (χ3v) is 6.10. The lowest BCUT2D eigenvalue weighted by molar-refractivity contribution is -0.660. The zero-order valence-corrected chi connectivity index (χ0v) is 19.2. The van der Waals surface area contributed by atoms with E-state index in [1.807, 2.05) is 55.9 Å². The van der Waals surface area contributed by atoms with E-state index < -0.39 is 18.6 Å². The number of rotatable bonds is 4. The molecule has 0 aliphatic heterocycles. The van der Waals surface area contributed by atoms with Crippen molar-refractivity contribution < 1.29 is 18.9 Å². The first-order valence-electron chi connectivity index (χ1n) is 12.9. The fourth-order valence-corrected chi connectivity index (χ4v) is 4.40. The number of nitrogens with zero attached hydrogens (tertiary/aromatic N) is 2. The van der Waals surface area contributed by atoms with Crippen LogP contribution in [0.2, 0.25) is 0 Å². The van der Waals surface area contributed by atoms with Gasteiger partial charge < -0.3 is 4.42 Å². The van der Waals surface area contributed by atoms with Crippen molar-refractivity contribution in [3.05, 3.63) is 83.4 Å². The van der Waals surface area contributed by atoms with Crippen molar-refractivity contribution in [1.29, 1.82) is 0 Å². The summed E-state index contributed by atoms with van der Waals surface area (Å²) in [5.41, 5.74) is 6.92. The van der Waals surface area contributed by atoms with Gasteiger partial charge in [-0.05, 0) is 72.7 Å². The Balaban J connectivity index is 1.65. The Labute approximate surface area is 199 Å². The van der Waals surface area contributed by atoms with Crippen LogP contribution in [-0.2, 0) is 13.5 Å². The van der Waals surface area contributed by atoms with Gasteiger partial charge in [-0.25, -0.2) is 13.9 Å². The quantitative estimate of drug-likeness (QED) is 0.277. The van der Waals surface area contributed by atoms with Crippen molar-refractivity contribution in [2.45, 2.75) is 34.0 Å². The highest BCUT2D eigenvalue weighted by Crippen LogP contribution is 2.37. The standard InChI is InChI=1S/C29H28FN2O/c1-17(2)14-22-15-20(8-11-25(22)30)21-12-13-32(5)26(16-21)27-18(3)6-9-23-24-10-7-19(4)31-29(24)33-28(23)27/h6-13,15-17H,14H2,1-5H3/q+1/i1D3,17D. The number of aryl methyl sites for hydroxylation is 3. The second-order valence-electron chi connectivity index (χ2n) is 8.72. The Bertz CT molecular complexity index is 1670. The Kier molecular flexibility index (Phi) is 4.18. The molecule has 0 amide bonds. The summed E-state index contributed by atoms with van der Waals surface area (Å²) in [4.78, 5) is 4.56. The molecule has 0 bridgehead atoms. The molecule has 0 saturated heterocycles. The lowest BCUT2D eigenvalue weighted by atomic mass is 9.95. The minimum atomic E-state index is -2.53. The van der Waals surface area contributed by atoms with Gasteiger partial charge in [0.2, 0.25) is 11.4 Å². The van der Waals surface area contributed by atoms with Gasteiger partial charge in [0.05, 0.1) is 5.56 Å². The van der Waals surface area contributed by atoms with E-state index in [2.05, 4.69) is 17.1 Å². The molecule has 3 aromatic heterocycles. The summed E-state index contributed by atoms with van der Waals surface area (Å²) in [6.07, 6.45) is 1.72. The van der Waals surface area contributed by atoms with Crippen LogP contribution < -0.4 is 4.57 Å². The van der Waals surface area contributed by atoms with Crippen molar-refractivity contribution in [1.82, 2.24) is 4.98 Å². The number of aromatic nitrogens is 2. The molecular formula is C29H28FN2O+. The summed E-state index contributed by atoms with van der Waals surface area (Å²) in [5.74, 6) is -2.32. The molecule has 3 nitrogen and oxygen atoms in total. The fourth-order valence-electron chi connectivity index (χ4n) is 4.40. The van der Waals surface area contributed by atoms with Gasteiger partial charge in [0, 0.05) is 34.1 Å². The highest BCUT2D eigenvalue weighted by Gasteiger charge is 2.22. The summed E-state index contributed by atoms with van der Waals surface area (Å²) in [6, 6.07) is 16.7. The normalized spacial score (nSPS) is 15.7. The number of furan rings is 1. The summed E-state index contributed by atoms with van der Waals surface area (Å²) in [7, 11) is 1.96. The maximum Gasteiger partial charge on any atom is 0.227 e. The van der Waals surface area contributed by atoms with Crippen molar-refractivity contribution >= 4 is 22.1 Å². The fraction of sp³-hybridized carbons (Fsp3) is 0.241. The topological polar surface area (TPSA) is 29.9 Å². The molecular weight excluding hydrogens is 411 g/mol. The summed E-state index contributed by atoms with van der Waals surface area (Å²) in [5, 5.41) is 1.94. The third kappa shape index (κ3) is 3.80. The molecule has 0 saturated carbocycles. The molecule has 5 rings (SSSR count). The van der Waals surface area contributed by atoms with E-state index >= 15 is 0 Å². The van der Waals surface area contributed by atoms with Crippen LogP contribution in [0.3, 0.4) is 0 Å². The van der Waals surface area contributed by atoms with Gasteiger partial charge >= 0.3 is 0 Å². The second-order valence-corrected chi connectivity index (χ2v) is 8.72. The van der Waals surface area contributed by atoms with Gasteiger partial charge in [0.1, 0.15) is 12.9 Å². The first-order chi connectivity index (χ1) is 17.4. The van der Waals surface area contributed by atoms with E-state index in [4.69, 9.17) is 9.90 Å². The third-order valence-electron chi connectivity index (χ3n) is 6.10. The van der Waals surface area contributed by atoms with Crippen LogP contribution in [-0.4, -0.2) is 4.98 Å². The molecule has 166 valence electrons. The van der Waals surface area contributed by atoms with Crippen molar-refractivity contribution in [2.75, 3.05) is 0 Å². The minimum absolute atomic E-state index is 0.206. The summed E-state index contributed by atoms with van der Waals surface area (Å²) < 4.78 is 54.2. The van der Waals surface area contributed by atoms with Crippen LogP contribution in [0.25, 0.3) is 44.5 Å². The van der Waals surface area contributed by atoms with Crippen LogP contribution in [0.5, 0.6) is 0 Å². The Morgan fingerprint density at radius 2 is 1.85 bits per heavy atom. The van der Waals surface area contributed by atoms with Crippen LogP contribution in [0.1, 0.15) is 36.1 Å². The van der Waals surface area contributed by atoms with Crippen molar-refractivity contribution in [3.63, 3.8) is 0 Å². The molecule has 4 heteroatoms. The lowest BCUT2D eigenvalue weighted by Crippen LogP contribution is -2.30. The molecule has 0 N–H and O–H groups in total. The molecule has 3 heterocycles. The highest BCUT2D eigenvalue weighted by molar-refractivity contribution is 6.08. The molecule has 5 aromatic rings. The Morgan fingerprint density at radius 3 is 2.67 bits per heavy atom. The van der Waals surface area contributed by atoms with E-state index in [1.54, 1.807) is 12.1 Å². The maximum absolute atomic E-state index is 14.7. The van der Waals surface area contributed by atoms with Gasteiger partial charge in [-0.1, -0.05) is 32.0 Å². The van der Waals surface area contributed by atoms with Crippen LogP contribution in [0.15, 0.2) is 65.2 Å². The van der Waals surface area contributed by atoms with Crippen LogP contribution in [0.4, 0.5) is 4.39 Å². The molecule has 0 aliphatic rings. The van der Waals surface area contributed by atoms with E-state index in [1.165, 1.54) is 13.0 Å². The SMILES string of the molecule is [2H]C([2H])([2H])C([2H])(C)Cc1cc(-c2cc[n+](C)c(-c3c(C)ccc4c3oc3nc(C)ccc34)c2)ccc1F. The maximum atomic E-state index is 14.7. The molecule has 0 radical (unpaired) electrons. The largest absolute Gasteiger partial charge is 0.437 e. The molecule has 0 spiro atoms. The number of benzene rings is 2. The zero-order chi connectivity index (χ0) is 26.7. The number of fused-ring (bicyclic) bond motifs is 3. The van der Waals surface area contributed by atoms with Gasteiger partial charge in [-0.3, -0.25) is 0 Å². The number of pyridine rings is 2. The molecule has 1 unspecified atom stereocenters. The zero-order valence-electron chi connectivity index (χ0n) is 23.2. The van der Waals surface area contributed by atoms with Gasteiger partial charge in [0.15, 0.2) is 11.8 Å². The molecule has 0 fully saturated rings. The monoisotopic (exact) mass is 443 g/mol. The Morgan fingerprint density at radius 1 is 1.06 bits per heavy atom. The van der Waals surface area contributed by atoms with E-state index in [-0.39, 0.29) is 12.0 Å². The van der Waals surface area contributed by atoms with Crippen LogP contribution >= 0.6 is 0 Å². The number of hydrogen-bond donors (Lipinski definition) is 0. The number of halogens is 1. The van der Waals surface area contributed by atoms with E-state index in [0.717, 1.165) is 50.0 Å². The van der Waals surface area contributed by atoms with Crippen LogP contribution in [0, 0.1) is 25.6 Å². The molecule has 1 atom stereocenters.